The van der Waals surface area contributed by atoms with Crippen molar-refractivity contribution in [1.29, 1.82) is 0 Å². The Bertz CT molecular complexity index is 867. The molecule has 3 rings (SSSR count). The first-order valence-electron chi connectivity index (χ1n) is 7.76. The maximum Gasteiger partial charge on any atom is 0.263 e. The fourth-order valence-corrected chi connectivity index (χ4v) is 2.64. The first-order chi connectivity index (χ1) is 12.6. The zero-order chi connectivity index (χ0) is 18.4. The second-order valence-electron chi connectivity index (χ2n) is 5.30. The largest absolute Gasteiger partial charge is 0.484 e. The lowest BCUT2D eigenvalue weighted by Crippen LogP contribution is -2.20. The van der Waals surface area contributed by atoms with E-state index in [4.69, 9.17) is 27.9 Å². The number of ether oxygens (including phenoxy) is 1. The van der Waals surface area contributed by atoms with Crippen LogP contribution in [0.15, 0.2) is 66.9 Å². The van der Waals surface area contributed by atoms with Gasteiger partial charge in [0.2, 0.25) is 0 Å². The summed E-state index contributed by atoms with van der Waals surface area (Å²) in [6, 6.07) is 17.8. The first-order valence-corrected chi connectivity index (χ1v) is 8.52. The van der Waals surface area contributed by atoms with Crippen LogP contribution < -0.4 is 15.4 Å². The normalized spacial score (nSPS) is 10.2. The molecule has 0 aliphatic carbocycles. The van der Waals surface area contributed by atoms with Gasteiger partial charge in [-0.1, -0.05) is 47.5 Å². The molecule has 2 N–H and O–H groups in total. The predicted molar refractivity (Wildman–Crippen MR) is 105 cm³/mol. The fourth-order valence-electron chi connectivity index (χ4n) is 2.15. The van der Waals surface area contributed by atoms with Crippen LogP contribution in [0.4, 0.5) is 17.2 Å². The van der Waals surface area contributed by atoms with E-state index in [1.54, 1.807) is 48.7 Å². The second-order valence-corrected chi connectivity index (χ2v) is 6.12. The van der Waals surface area contributed by atoms with Crippen LogP contribution in [-0.2, 0) is 4.79 Å². The number of nitrogens with one attached hydrogen (secondary N) is 2. The number of hydrogen-bond acceptors (Lipinski definition) is 4. The highest BCUT2D eigenvalue weighted by Crippen LogP contribution is 2.32. The van der Waals surface area contributed by atoms with Crippen LogP contribution in [-0.4, -0.2) is 17.5 Å². The molecule has 0 fully saturated rings. The van der Waals surface area contributed by atoms with E-state index >= 15 is 0 Å². The number of halogens is 2. The molecule has 0 saturated carbocycles. The zero-order valence-corrected chi connectivity index (χ0v) is 15.1. The van der Waals surface area contributed by atoms with Gasteiger partial charge in [-0.15, -0.1) is 0 Å². The third-order valence-electron chi connectivity index (χ3n) is 3.38. The lowest BCUT2D eigenvalue weighted by molar-refractivity contribution is -0.118. The number of hydrogen-bond donors (Lipinski definition) is 2. The summed E-state index contributed by atoms with van der Waals surface area (Å²) in [6.07, 6.45) is 1.58. The molecule has 1 amide bonds. The molecule has 0 aliphatic rings. The number of carbonyl (C=O) groups is 1. The second kappa shape index (κ2) is 8.56. The number of pyridine rings is 1. The number of carbonyl (C=O) groups excluding carboxylic acids is 1. The van der Waals surface area contributed by atoms with Crippen molar-refractivity contribution in [3.63, 3.8) is 0 Å². The number of nitrogens with zero attached hydrogens (tertiary/aromatic N) is 1. The maximum absolute atomic E-state index is 11.9. The van der Waals surface area contributed by atoms with Crippen LogP contribution in [0.3, 0.4) is 0 Å². The number of benzene rings is 2. The van der Waals surface area contributed by atoms with Crippen molar-refractivity contribution >= 4 is 46.3 Å². The quantitative estimate of drug-likeness (QED) is 0.613. The van der Waals surface area contributed by atoms with Gasteiger partial charge in [0, 0.05) is 0 Å². The van der Waals surface area contributed by atoms with Crippen molar-refractivity contribution in [3.8, 4) is 5.75 Å². The fraction of sp³-hybridized carbons (Fsp3) is 0.0526. The molecule has 5 nitrogen and oxygen atoms in total. The van der Waals surface area contributed by atoms with Crippen molar-refractivity contribution < 1.29 is 9.53 Å². The molecule has 0 aliphatic heterocycles. The number of amides is 1. The molecule has 1 heterocycles. The van der Waals surface area contributed by atoms with Gasteiger partial charge in [0.1, 0.15) is 11.6 Å². The molecule has 0 unspecified atom stereocenters. The van der Waals surface area contributed by atoms with E-state index in [1.165, 1.54) is 0 Å². The van der Waals surface area contributed by atoms with Gasteiger partial charge in [0.15, 0.2) is 6.61 Å². The molecule has 0 radical (unpaired) electrons. The van der Waals surface area contributed by atoms with E-state index in [1.807, 2.05) is 18.2 Å². The van der Waals surface area contributed by atoms with Crippen molar-refractivity contribution in [2.45, 2.75) is 0 Å². The molecule has 3 aromatic rings. The monoisotopic (exact) mass is 387 g/mol. The molecule has 2 aromatic carbocycles. The van der Waals surface area contributed by atoms with E-state index in [0.29, 0.717) is 33.0 Å². The molecular formula is C19H15Cl2N3O2. The van der Waals surface area contributed by atoms with E-state index < -0.39 is 0 Å². The van der Waals surface area contributed by atoms with Gasteiger partial charge in [-0.25, -0.2) is 4.98 Å². The van der Waals surface area contributed by atoms with Crippen LogP contribution in [0.1, 0.15) is 0 Å². The average Bonchev–Trinajstić information content (AvgIpc) is 2.65. The highest BCUT2D eigenvalue weighted by Gasteiger charge is 2.07. The molecule has 0 atom stereocenters. The van der Waals surface area contributed by atoms with E-state index in [2.05, 4.69) is 15.6 Å². The smallest absolute Gasteiger partial charge is 0.263 e. The Morgan fingerprint density at radius 1 is 0.962 bits per heavy atom. The molecule has 0 spiro atoms. The van der Waals surface area contributed by atoms with E-state index in [-0.39, 0.29) is 12.5 Å². The SMILES string of the molecule is O=C(COc1ccccc1)Nc1ccc(Nc2c(Cl)cccc2Cl)cn1. The van der Waals surface area contributed by atoms with E-state index in [9.17, 15) is 4.79 Å². The third-order valence-corrected chi connectivity index (χ3v) is 4.01. The first kappa shape index (κ1) is 18.0. The van der Waals surface area contributed by atoms with Crippen LogP contribution in [0.25, 0.3) is 0 Å². The standard InChI is InChI=1S/C19H15Cl2N3O2/c20-15-7-4-8-16(21)19(15)23-13-9-10-17(22-11-13)24-18(25)12-26-14-5-2-1-3-6-14/h1-11,23H,12H2,(H,22,24,25). The minimum Gasteiger partial charge on any atom is -0.484 e. The summed E-state index contributed by atoms with van der Waals surface area (Å²) in [4.78, 5) is 16.1. The van der Waals surface area contributed by atoms with Gasteiger partial charge in [-0.3, -0.25) is 4.79 Å². The Labute approximate surface area is 160 Å². The molecule has 26 heavy (non-hydrogen) atoms. The topological polar surface area (TPSA) is 63.2 Å². The third kappa shape index (κ3) is 4.88. The highest BCUT2D eigenvalue weighted by atomic mass is 35.5. The summed E-state index contributed by atoms with van der Waals surface area (Å²) in [5.41, 5.74) is 1.30. The zero-order valence-electron chi connectivity index (χ0n) is 13.6. The Morgan fingerprint density at radius 2 is 1.69 bits per heavy atom. The summed E-state index contributed by atoms with van der Waals surface area (Å²) in [6.45, 7) is -0.0963. The van der Waals surface area contributed by atoms with Gasteiger partial charge in [-0.05, 0) is 36.4 Å². The Balaban J connectivity index is 1.56. The summed E-state index contributed by atoms with van der Waals surface area (Å²) in [7, 11) is 0. The molecule has 0 bridgehead atoms. The Hall–Kier alpha value is -2.76. The highest BCUT2D eigenvalue weighted by molar-refractivity contribution is 6.39. The molecule has 132 valence electrons. The van der Waals surface area contributed by atoms with Crippen molar-refractivity contribution in [2.75, 3.05) is 17.2 Å². The van der Waals surface area contributed by atoms with Crippen molar-refractivity contribution in [2.24, 2.45) is 0 Å². The average molecular weight is 388 g/mol. The van der Waals surface area contributed by atoms with Gasteiger partial charge >= 0.3 is 0 Å². The lowest BCUT2D eigenvalue weighted by atomic mass is 10.3. The van der Waals surface area contributed by atoms with Gasteiger partial charge in [0.25, 0.3) is 5.91 Å². The van der Waals surface area contributed by atoms with E-state index in [0.717, 1.165) is 0 Å². The number of aromatic nitrogens is 1. The van der Waals surface area contributed by atoms with Crippen LogP contribution in [0, 0.1) is 0 Å². The number of para-hydroxylation sites is 2. The summed E-state index contributed by atoms with van der Waals surface area (Å²) in [5.74, 6) is 0.755. The van der Waals surface area contributed by atoms with Crippen LogP contribution in [0.5, 0.6) is 5.75 Å². The number of rotatable bonds is 6. The summed E-state index contributed by atoms with van der Waals surface area (Å²) in [5, 5.41) is 6.79. The predicted octanol–water partition coefficient (Wildman–Crippen LogP) is 5.15. The minimum atomic E-state index is -0.295. The van der Waals surface area contributed by atoms with Crippen molar-refractivity contribution in [3.05, 3.63) is 76.9 Å². The summed E-state index contributed by atoms with van der Waals surface area (Å²) >= 11 is 12.3. The van der Waals surface area contributed by atoms with Crippen molar-refractivity contribution in [1.82, 2.24) is 4.98 Å². The Morgan fingerprint density at radius 3 is 2.35 bits per heavy atom. The molecule has 0 saturated heterocycles. The minimum absolute atomic E-state index is 0.0963. The van der Waals surface area contributed by atoms with Gasteiger partial charge in [0.05, 0.1) is 27.6 Å². The molecule has 7 heteroatoms. The number of anilines is 3. The summed E-state index contributed by atoms with van der Waals surface area (Å²) < 4.78 is 5.39. The van der Waals surface area contributed by atoms with Crippen LogP contribution >= 0.6 is 23.2 Å². The van der Waals surface area contributed by atoms with Gasteiger partial charge < -0.3 is 15.4 Å². The molecular weight excluding hydrogens is 373 g/mol. The maximum atomic E-state index is 11.9. The Kier molecular flexibility index (Phi) is 5.94. The lowest BCUT2D eigenvalue weighted by Gasteiger charge is -2.11. The van der Waals surface area contributed by atoms with Crippen LogP contribution in [0.2, 0.25) is 10.0 Å². The van der Waals surface area contributed by atoms with Gasteiger partial charge in [-0.2, -0.15) is 0 Å². The molecule has 1 aromatic heterocycles.